The van der Waals surface area contributed by atoms with Crippen molar-refractivity contribution in [2.45, 2.75) is 18.8 Å². The molecule has 1 heteroatoms. The van der Waals surface area contributed by atoms with E-state index in [1.807, 2.05) is 0 Å². The first-order valence-corrected chi connectivity index (χ1v) is 19.7. The van der Waals surface area contributed by atoms with Crippen LogP contribution in [-0.2, 0) is 6.42 Å². The monoisotopic (exact) mass is 715 g/mol. The van der Waals surface area contributed by atoms with Gasteiger partial charge in [-0.05, 0) is 104 Å². The molecular formula is C55H41N. The second-order valence-corrected chi connectivity index (χ2v) is 14.9. The highest BCUT2D eigenvalue weighted by molar-refractivity contribution is 6.13. The Kier molecular flexibility index (Phi) is 8.82. The average Bonchev–Trinajstić information content (AvgIpc) is 3.60. The Bertz CT molecular complexity index is 2920. The van der Waals surface area contributed by atoms with Gasteiger partial charge in [-0.25, -0.2) is 0 Å². The van der Waals surface area contributed by atoms with Crippen molar-refractivity contribution < 1.29 is 0 Å². The molecule has 1 aromatic heterocycles. The quantitative estimate of drug-likeness (QED) is 0.140. The third-order valence-corrected chi connectivity index (χ3v) is 11.5. The molecule has 1 atom stereocenters. The van der Waals surface area contributed by atoms with Crippen LogP contribution in [0.4, 0.5) is 0 Å². The van der Waals surface area contributed by atoms with Crippen molar-refractivity contribution in [2.24, 2.45) is 0 Å². The van der Waals surface area contributed by atoms with Crippen molar-refractivity contribution in [2.75, 3.05) is 0 Å². The van der Waals surface area contributed by atoms with E-state index < -0.39 is 0 Å². The fraction of sp³-hybridized carbons (Fsp3) is 0.0545. The van der Waals surface area contributed by atoms with Crippen LogP contribution in [0.25, 0.3) is 71.6 Å². The molecule has 0 N–H and O–H groups in total. The smallest absolute Gasteiger partial charge is 0.0547 e. The first kappa shape index (κ1) is 33.6. The van der Waals surface area contributed by atoms with Crippen LogP contribution < -0.4 is 0 Å². The topological polar surface area (TPSA) is 4.93 Å². The lowest BCUT2D eigenvalue weighted by atomic mass is 9.84. The predicted molar refractivity (Wildman–Crippen MR) is 238 cm³/mol. The molecule has 9 aromatic carbocycles. The van der Waals surface area contributed by atoms with Crippen molar-refractivity contribution in [3.05, 3.63) is 235 Å². The minimum absolute atomic E-state index is 0.247. The highest BCUT2D eigenvalue weighted by Gasteiger charge is 2.18. The lowest BCUT2D eigenvalue weighted by Crippen LogP contribution is -2.04. The number of hydrogen-bond acceptors (Lipinski definition) is 0. The van der Waals surface area contributed by atoms with E-state index in [-0.39, 0.29) is 5.92 Å². The van der Waals surface area contributed by atoms with Crippen LogP contribution in [0.5, 0.6) is 0 Å². The number of para-hydroxylation sites is 2. The zero-order chi connectivity index (χ0) is 37.3. The molecule has 0 saturated carbocycles. The minimum Gasteiger partial charge on any atom is -0.309 e. The third-order valence-electron chi connectivity index (χ3n) is 11.5. The zero-order valence-corrected chi connectivity index (χ0v) is 31.2. The van der Waals surface area contributed by atoms with Crippen LogP contribution in [0.15, 0.2) is 218 Å². The Morgan fingerprint density at radius 2 is 0.893 bits per heavy atom. The Labute approximate surface area is 328 Å². The maximum atomic E-state index is 2.42. The lowest BCUT2D eigenvalue weighted by molar-refractivity contribution is 0.716. The van der Waals surface area contributed by atoms with E-state index in [4.69, 9.17) is 0 Å². The summed E-state index contributed by atoms with van der Waals surface area (Å²) in [6, 6.07) is 80.1. The van der Waals surface area contributed by atoms with Gasteiger partial charge in [0, 0.05) is 22.4 Å². The first-order valence-electron chi connectivity index (χ1n) is 19.7. The van der Waals surface area contributed by atoms with Crippen LogP contribution in [0, 0.1) is 0 Å². The molecular weight excluding hydrogens is 675 g/mol. The number of nitrogens with zero attached hydrogens (tertiary/aromatic N) is 1. The number of fused-ring (bicyclic) bond motifs is 4. The molecule has 0 saturated heterocycles. The molecule has 0 bridgehead atoms. The summed E-state index contributed by atoms with van der Waals surface area (Å²) in [7, 11) is 0. The molecule has 10 aromatic rings. The van der Waals surface area contributed by atoms with Gasteiger partial charge >= 0.3 is 0 Å². The summed E-state index contributed by atoms with van der Waals surface area (Å²) in [5.41, 5.74) is 15.2. The fourth-order valence-corrected chi connectivity index (χ4v) is 8.65. The summed E-state index contributed by atoms with van der Waals surface area (Å²) < 4.78 is 2.41. The number of hydrogen-bond donors (Lipinski definition) is 0. The molecule has 10 rings (SSSR count). The maximum absolute atomic E-state index is 2.42. The van der Waals surface area contributed by atoms with Crippen molar-refractivity contribution in [3.8, 4) is 39.1 Å². The van der Waals surface area contributed by atoms with Crippen molar-refractivity contribution in [3.63, 3.8) is 0 Å². The Hall–Kier alpha value is -6.96. The summed E-state index contributed by atoms with van der Waals surface area (Å²) in [4.78, 5) is 0. The van der Waals surface area contributed by atoms with Gasteiger partial charge in [0.1, 0.15) is 0 Å². The fourth-order valence-electron chi connectivity index (χ4n) is 8.65. The van der Waals surface area contributed by atoms with Crippen molar-refractivity contribution in [1.29, 1.82) is 0 Å². The van der Waals surface area contributed by atoms with Crippen LogP contribution in [0.1, 0.15) is 29.0 Å². The molecule has 1 unspecified atom stereocenters. The highest BCUT2D eigenvalue weighted by atomic mass is 15.0. The summed E-state index contributed by atoms with van der Waals surface area (Å²) in [5, 5.41) is 5.13. The Morgan fingerprint density at radius 3 is 1.57 bits per heavy atom. The second-order valence-electron chi connectivity index (χ2n) is 14.9. The standard InChI is InChI=1S/C55H41N/c1-4-14-40(15-5-1)41-27-29-43(30-28-41)49(44-31-33-45(34-32-44)51-21-11-10-20-50(51)42-16-6-2-7-17-42)35-25-39-24-26-46-37-53-52-22-12-13-23-54(52)56(48-18-8-3-9-19-48)55(53)38-47(46)36-39/h1-24,26-34,36-38,49H,25,35H2. The number of aromatic nitrogens is 1. The van der Waals surface area contributed by atoms with E-state index in [1.54, 1.807) is 0 Å². The van der Waals surface area contributed by atoms with Gasteiger partial charge in [0.05, 0.1) is 11.0 Å². The van der Waals surface area contributed by atoms with Crippen molar-refractivity contribution >= 4 is 32.6 Å². The molecule has 56 heavy (non-hydrogen) atoms. The zero-order valence-electron chi connectivity index (χ0n) is 31.2. The molecule has 0 spiro atoms. The molecule has 0 aliphatic heterocycles. The highest BCUT2D eigenvalue weighted by Crippen LogP contribution is 2.38. The van der Waals surface area contributed by atoms with Gasteiger partial charge < -0.3 is 4.57 Å². The molecule has 0 fully saturated rings. The lowest BCUT2D eigenvalue weighted by Gasteiger charge is -2.20. The van der Waals surface area contributed by atoms with Gasteiger partial charge in [-0.15, -0.1) is 0 Å². The van der Waals surface area contributed by atoms with Gasteiger partial charge in [-0.1, -0.05) is 188 Å². The maximum Gasteiger partial charge on any atom is 0.0547 e. The van der Waals surface area contributed by atoms with Crippen LogP contribution in [-0.4, -0.2) is 4.57 Å². The minimum atomic E-state index is 0.247. The number of rotatable bonds is 9. The molecule has 0 aliphatic rings. The van der Waals surface area contributed by atoms with Gasteiger partial charge in [-0.3, -0.25) is 0 Å². The van der Waals surface area contributed by atoms with Gasteiger partial charge in [0.2, 0.25) is 0 Å². The SMILES string of the molecule is c1ccc(-c2ccc(C(CCc3ccc4cc5c6ccccc6n(-c6ccccc6)c5cc4c3)c3ccc(-c4ccccc4-c4ccccc4)cc3)cc2)cc1. The van der Waals surface area contributed by atoms with Crippen LogP contribution in [0.3, 0.4) is 0 Å². The molecule has 1 heterocycles. The predicted octanol–water partition coefficient (Wildman–Crippen LogP) is 14.7. The Morgan fingerprint density at radius 1 is 0.357 bits per heavy atom. The van der Waals surface area contributed by atoms with E-state index in [1.165, 1.54) is 88.3 Å². The van der Waals surface area contributed by atoms with E-state index in [9.17, 15) is 0 Å². The largest absolute Gasteiger partial charge is 0.309 e. The first-order chi connectivity index (χ1) is 27.8. The van der Waals surface area contributed by atoms with E-state index >= 15 is 0 Å². The number of aryl methyl sites for hydroxylation is 1. The summed E-state index contributed by atoms with van der Waals surface area (Å²) in [6.45, 7) is 0. The Balaban J connectivity index is 1.00. The average molecular weight is 716 g/mol. The van der Waals surface area contributed by atoms with E-state index in [0.29, 0.717) is 0 Å². The van der Waals surface area contributed by atoms with E-state index in [2.05, 4.69) is 223 Å². The molecule has 0 amide bonds. The summed E-state index contributed by atoms with van der Waals surface area (Å²) in [5.74, 6) is 0.247. The van der Waals surface area contributed by atoms with E-state index in [0.717, 1.165) is 12.8 Å². The molecule has 0 aliphatic carbocycles. The van der Waals surface area contributed by atoms with Gasteiger partial charge in [-0.2, -0.15) is 0 Å². The second kappa shape index (κ2) is 14.7. The summed E-state index contributed by atoms with van der Waals surface area (Å²) in [6.07, 6.45) is 1.97. The normalized spacial score (nSPS) is 12.0. The third kappa shape index (κ3) is 6.38. The van der Waals surface area contributed by atoms with Gasteiger partial charge in [0.25, 0.3) is 0 Å². The van der Waals surface area contributed by atoms with Crippen molar-refractivity contribution in [1.82, 2.24) is 4.57 Å². The van der Waals surface area contributed by atoms with Crippen LogP contribution in [0.2, 0.25) is 0 Å². The summed E-state index contributed by atoms with van der Waals surface area (Å²) >= 11 is 0. The molecule has 1 nitrogen and oxygen atoms in total. The molecule has 266 valence electrons. The molecule has 0 radical (unpaired) electrons. The number of benzene rings is 9. The van der Waals surface area contributed by atoms with Gasteiger partial charge in [0.15, 0.2) is 0 Å². The van der Waals surface area contributed by atoms with Crippen LogP contribution >= 0.6 is 0 Å².